The van der Waals surface area contributed by atoms with Crippen molar-refractivity contribution >= 4 is 79.0 Å². The van der Waals surface area contributed by atoms with E-state index in [1.807, 2.05) is 24.3 Å². The van der Waals surface area contributed by atoms with E-state index < -0.39 is 0 Å². The van der Waals surface area contributed by atoms with E-state index >= 15 is 0 Å². The Morgan fingerprint density at radius 3 is 0.946 bits per heavy atom. The Balaban J connectivity index is 0.803. The van der Waals surface area contributed by atoms with Crippen LogP contribution < -0.4 is 26.2 Å². The Morgan fingerprint density at radius 2 is 0.518 bits per heavy atom. The molecule has 8 heteroatoms. The highest BCUT2D eigenvalue weighted by Crippen LogP contribution is 2.49. The van der Waals surface area contributed by atoms with Gasteiger partial charge in [0.25, 0.3) is 6.71 Å². The molecule has 2 aliphatic rings. The first-order valence-corrected chi connectivity index (χ1v) is 38.2. The normalized spacial score (nSPS) is 12.1. The first-order valence-electron chi connectivity index (χ1n) is 38.2. The highest BCUT2D eigenvalue weighted by Gasteiger charge is 2.44. The second-order valence-corrected chi connectivity index (χ2v) is 28.8. The van der Waals surface area contributed by atoms with Gasteiger partial charge in [0.1, 0.15) is 0 Å². The highest BCUT2D eigenvalue weighted by molar-refractivity contribution is 7.00. The molecule has 0 fully saturated rings. The first-order chi connectivity index (χ1) is 55.5. The molecule has 2 aliphatic heterocycles. The molecule has 0 N–H and O–H groups in total. The van der Waals surface area contributed by atoms with Crippen LogP contribution in [0.1, 0.15) is 0 Å². The first kappa shape index (κ1) is 65.4. The van der Waals surface area contributed by atoms with Gasteiger partial charge in [-0.1, -0.05) is 315 Å². The van der Waals surface area contributed by atoms with E-state index in [9.17, 15) is 0 Å². The molecule has 0 bridgehead atoms. The van der Waals surface area contributed by atoms with E-state index in [0.717, 1.165) is 140 Å². The number of benzene rings is 16. The summed E-state index contributed by atoms with van der Waals surface area (Å²) >= 11 is 0. The summed E-state index contributed by atoms with van der Waals surface area (Å²) in [5.41, 5.74) is 33.7. The van der Waals surface area contributed by atoms with Crippen molar-refractivity contribution in [3.05, 3.63) is 413 Å². The largest absolute Gasteiger partial charge is 0.311 e. The molecule has 0 radical (unpaired) electrons. The van der Waals surface area contributed by atoms with Crippen LogP contribution in [0, 0.1) is 0 Å². The van der Waals surface area contributed by atoms with Crippen molar-refractivity contribution in [2.24, 2.45) is 0 Å². The van der Waals surface area contributed by atoms with Gasteiger partial charge in [0, 0.05) is 78.3 Å². The van der Waals surface area contributed by atoms with E-state index in [4.69, 9.17) is 19.9 Å². The lowest BCUT2D eigenvalue weighted by Crippen LogP contribution is -2.61. The third-order valence-corrected chi connectivity index (χ3v) is 22.2. The second kappa shape index (κ2) is 27.7. The Morgan fingerprint density at radius 1 is 0.196 bits per heavy atom. The molecule has 7 nitrogen and oxygen atoms in total. The molecule has 0 spiro atoms. The molecule has 0 unspecified atom stereocenters. The van der Waals surface area contributed by atoms with Crippen LogP contribution >= 0.6 is 0 Å². The van der Waals surface area contributed by atoms with Gasteiger partial charge in [-0.3, -0.25) is 0 Å². The highest BCUT2D eigenvalue weighted by atomic mass is 15.2. The van der Waals surface area contributed by atoms with E-state index in [1.54, 1.807) is 0 Å². The molecule has 0 amide bonds. The van der Waals surface area contributed by atoms with Gasteiger partial charge in [0.2, 0.25) is 0 Å². The van der Waals surface area contributed by atoms with Crippen LogP contribution in [0.4, 0.5) is 34.1 Å². The van der Waals surface area contributed by atoms with Crippen molar-refractivity contribution < 1.29 is 0 Å². The van der Waals surface area contributed by atoms with Gasteiger partial charge in [0.05, 0.1) is 39.5 Å². The Hall–Kier alpha value is -14.9. The van der Waals surface area contributed by atoms with Gasteiger partial charge in [-0.15, -0.1) is 0 Å². The number of nitrogens with zero attached hydrogens (tertiary/aromatic N) is 7. The molecular formula is C104H68BN7. The molecule has 522 valence electrons. The van der Waals surface area contributed by atoms with Gasteiger partial charge in [0.15, 0.2) is 11.6 Å². The van der Waals surface area contributed by atoms with Crippen molar-refractivity contribution in [3.8, 4) is 129 Å². The van der Waals surface area contributed by atoms with Crippen LogP contribution in [-0.4, -0.2) is 31.2 Å². The molecule has 0 saturated heterocycles. The summed E-state index contributed by atoms with van der Waals surface area (Å²) in [4.78, 5) is 27.1. The average Bonchev–Trinajstić information content (AvgIpc) is 0.801. The minimum absolute atomic E-state index is 0.177. The number of aromatic nitrogens is 5. The Bertz CT molecular complexity index is 6450. The van der Waals surface area contributed by atoms with E-state index in [1.165, 1.54) is 49.8 Å². The fraction of sp³-hybridized carbons (Fsp3) is 0. The molecule has 19 aromatic rings. The monoisotopic (exact) mass is 1430 g/mol. The molecule has 0 aliphatic carbocycles. The third-order valence-electron chi connectivity index (χ3n) is 22.2. The molecule has 5 heterocycles. The smallest absolute Gasteiger partial charge is 0.252 e. The Kier molecular flexibility index (Phi) is 16.2. The maximum Gasteiger partial charge on any atom is 0.252 e. The molecule has 3 aromatic heterocycles. The maximum atomic E-state index is 5.59. The number of hydrogen-bond acceptors (Lipinski definition) is 6. The average molecular weight is 1430 g/mol. The minimum atomic E-state index is -0.177. The predicted molar refractivity (Wildman–Crippen MR) is 466 cm³/mol. The van der Waals surface area contributed by atoms with E-state index in [0.29, 0.717) is 11.6 Å². The fourth-order valence-corrected chi connectivity index (χ4v) is 16.8. The molecule has 0 saturated carbocycles. The minimum Gasteiger partial charge on any atom is -0.311 e. The summed E-state index contributed by atoms with van der Waals surface area (Å²) in [6, 6.07) is 149. The second-order valence-electron chi connectivity index (χ2n) is 28.8. The fourth-order valence-electron chi connectivity index (χ4n) is 16.8. The summed E-state index contributed by atoms with van der Waals surface area (Å²) in [6.45, 7) is -0.177. The number of hydrogen-bond donors (Lipinski definition) is 0. The van der Waals surface area contributed by atoms with Crippen LogP contribution in [0.3, 0.4) is 0 Å². The standard InChI is InChI=1S/C104H68BN7/c1-9-27-69(28-10-1)73-45-53-84(54-46-73)110-98-59-50-80(71-31-13-3-14-32-71)63-89(98)105-90-64-81(72-33-15-4-16-34-72)51-60-99(90)111(85-55-47-74(48-56-85)70-29-11-2-12-30-70)101-66-83(65-100(110)102(101)105)79-49-57-96-87(61-79)86-43-25-26-44-95(86)112(96)97-58-52-82(103-106-91(75-35-17-5-18-36-75)67-92(107-103)76-37-19-6-20-38-76)62-88(97)104-108-93(77-39-21-7-22-40-77)68-94(109-104)78-41-23-8-24-42-78/h1-68H. The number of rotatable bonds is 14. The van der Waals surface area contributed by atoms with Gasteiger partial charge in [-0.25, -0.2) is 19.9 Å². The number of anilines is 6. The third kappa shape index (κ3) is 11.7. The topological polar surface area (TPSA) is 63.0 Å². The Labute approximate surface area is 650 Å². The SMILES string of the molecule is c1ccc(-c2ccc(N3c4ccc(-c5ccccc5)cc4B4c5cc(-c6ccccc6)ccc5N(c5ccc(-c6ccccc6)cc5)c5cc(-c6ccc7c(c6)c6ccccc6n7-c6ccc(-c7nc(-c8ccccc8)cc(-c8ccccc8)n7)cc6-c6nc(-c7ccccc7)cc(-c7ccccc7)n6)cc3c54)cc2)cc1. The lowest BCUT2D eigenvalue weighted by Gasteiger charge is -2.44. The van der Waals surface area contributed by atoms with Gasteiger partial charge in [-0.2, -0.15) is 0 Å². The van der Waals surface area contributed by atoms with Crippen molar-refractivity contribution in [3.63, 3.8) is 0 Å². The molecule has 21 rings (SSSR count). The zero-order valence-electron chi connectivity index (χ0n) is 61.0. The lowest BCUT2D eigenvalue weighted by molar-refractivity contribution is 1.13. The maximum absolute atomic E-state index is 5.59. The lowest BCUT2D eigenvalue weighted by atomic mass is 9.33. The summed E-state index contributed by atoms with van der Waals surface area (Å²) in [6.07, 6.45) is 0. The van der Waals surface area contributed by atoms with Crippen LogP contribution in [0.25, 0.3) is 151 Å². The van der Waals surface area contributed by atoms with Crippen molar-refractivity contribution in [2.45, 2.75) is 0 Å². The van der Waals surface area contributed by atoms with Gasteiger partial charge < -0.3 is 14.4 Å². The summed E-state index contributed by atoms with van der Waals surface area (Å²) < 4.78 is 2.41. The van der Waals surface area contributed by atoms with Gasteiger partial charge >= 0.3 is 0 Å². The summed E-state index contributed by atoms with van der Waals surface area (Å²) in [5.74, 6) is 1.15. The molecular weight excluding hydrogens is 1360 g/mol. The van der Waals surface area contributed by atoms with Crippen molar-refractivity contribution in [1.82, 2.24) is 24.5 Å². The van der Waals surface area contributed by atoms with Crippen LogP contribution in [0.5, 0.6) is 0 Å². The van der Waals surface area contributed by atoms with E-state index in [2.05, 4.69) is 403 Å². The van der Waals surface area contributed by atoms with Crippen molar-refractivity contribution in [2.75, 3.05) is 9.80 Å². The van der Waals surface area contributed by atoms with Crippen molar-refractivity contribution in [1.29, 1.82) is 0 Å². The number of para-hydroxylation sites is 1. The molecule has 0 atom stereocenters. The van der Waals surface area contributed by atoms with Crippen LogP contribution in [0.15, 0.2) is 413 Å². The molecule has 112 heavy (non-hydrogen) atoms. The zero-order chi connectivity index (χ0) is 74.0. The molecule has 16 aromatic carbocycles. The summed E-state index contributed by atoms with van der Waals surface area (Å²) in [7, 11) is 0. The zero-order valence-corrected chi connectivity index (χ0v) is 61.0. The quantitative estimate of drug-likeness (QED) is 0.101. The number of fused-ring (bicyclic) bond motifs is 7. The summed E-state index contributed by atoms with van der Waals surface area (Å²) in [5, 5.41) is 2.21. The van der Waals surface area contributed by atoms with Gasteiger partial charge in [-0.05, 0) is 169 Å². The van der Waals surface area contributed by atoms with E-state index in [-0.39, 0.29) is 6.71 Å². The van der Waals surface area contributed by atoms with Crippen LogP contribution in [0.2, 0.25) is 0 Å². The predicted octanol–water partition coefficient (Wildman–Crippen LogP) is 24.8. The van der Waals surface area contributed by atoms with Crippen LogP contribution in [-0.2, 0) is 0 Å².